The summed E-state index contributed by atoms with van der Waals surface area (Å²) in [4.78, 5) is 24.1. The Hall–Kier alpha value is -1.84. The fourth-order valence-corrected chi connectivity index (χ4v) is 2.74. The van der Waals surface area contributed by atoms with Crippen LogP contribution in [0.25, 0.3) is 0 Å². The minimum Gasteiger partial charge on any atom is -0.349 e. The molecule has 4 nitrogen and oxygen atoms in total. The van der Waals surface area contributed by atoms with Gasteiger partial charge in [0.25, 0.3) is 5.91 Å². The summed E-state index contributed by atoms with van der Waals surface area (Å²) in [5, 5.41) is 6.00. The quantitative estimate of drug-likeness (QED) is 0.892. The van der Waals surface area contributed by atoms with E-state index in [0.717, 1.165) is 24.1 Å². The number of carbonyl (C=O) groups excluding carboxylic acids is 2. The summed E-state index contributed by atoms with van der Waals surface area (Å²) in [5.41, 5.74) is 2.34. The smallest absolute Gasteiger partial charge is 0.251 e. The van der Waals surface area contributed by atoms with E-state index in [-0.39, 0.29) is 17.7 Å². The third-order valence-corrected chi connectivity index (χ3v) is 4.21. The average Bonchev–Trinajstić information content (AvgIpc) is 2.50. The molecule has 0 saturated heterocycles. The molecule has 22 heavy (non-hydrogen) atoms. The first-order valence-corrected chi connectivity index (χ1v) is 8.19. The van der Waals surface area contributed by atoms with Gasteiger partial charge >= 0.3 is 0 Å². The Morgan fingerprint density at radius 3 is 2.41 bits per heavy atom. The summed E-state index contributed by atoms with van der Waals surface area (Å²) in [7, 11) is 0. The van der Waals surface area contributed by atoms with Crippen molar-refractivity contribution in [1.29, 1.82) is 0 Å². The summed E-state index contributed by atoms with van der Waals surface area (Å²) in [5.74, 6) is -0.0899. The fraction of sp³-hybridized carbons (Fsp3) is 0.556. The lowest BCUT2D eigenvalue weighted by molar-refractivity contribution is -0.118. The van der Waals surface area contributed by atoms with Crippen molar-refractivity contribution >= 4 is 17.5 Å². The topological polar surface area (TPSA) is 58.2 Å². The van der Waals surface area contributed by atoms with Gasteiger partial charge in [0.2, 0.25) is 5.91 Å². The predicted molar refractivity (Wildman–Crippen MR) is 89.0 cm³/mol. The maximum absolute atomic E-state index is 12.3. The zero-order valence-corrected chi connectivity index (χ0v) is 13.7. The van der Waals surface area contributed by atoms with Crippen LogP contribution in [0.4, 0.5) is 5.69 Å². The Morgan fingerprint density at radius 2 is 1.82 bits per heavy atom. The van der Waals surface area contributed by atoms with Crippen LogP contribution in [0, 0.1) is 12.8 Å². The number of hydrogen-bond acceptors (Lipinski definition) is 2. The van der Waals surface area contributed by atoms with E-state index < -0.39 is 0 Å². The largest absolute Gasteiger partial charge is 0.349 e. The molecular weight excluding hydrogens is 276 g/mol. The molecule has 0 bridgehead atoms. The molecule has 0 aliphatic heterocycles. The monoisotopic (exact) mass is 302 g/mol. The van der Waals surface area contributed by atoms with Gasteiger partial charge in [0.05, 0.1) is 0 Å². The Balaban J connectivity index is 2.01. The average molecular weight is 302 g/mol. The Morgan fingerprint density at radius 1 is 1.14 bits per heavy atom. The van der Waals surface area contributed by atoms with Crippen molar-refractivity contribution in [1.82, 2.24) is 5.32 Å². The van der Waals surface area contributed by atoms with Gasteiger partial charge in [-0.3, -0.25) is 9.59 Å². The first-order valence-electron chi connectivity index (χ1n) is 8.19. The number of amides is 2. The van der Waals surface area contributed by atoms with Crippen molar-refractivity contribution in [2.45, 2.75) is 58.9 Å². The van der Waals surface area contributed by atoms with E-state index in [1.54, 1.807) is 6.07 Å². The van der Waals surface area contributed by atoms with Gasteiger partial charge in [-0.15, -0.1) is 0 Å². The van der Waals surface area contributed by atoms with E-state index in [2.05, 4.69) is 10.6 Å². The van der Waals surface area contributed by atoms with E-state index in [1.807, 2.05) is 32.9 Å². The van der Waals surface area contributed by atoms with Crippen molar-refractivity contribution < 1.29 is 9.59 Å². The first-order chi connectivity index (χ1) is 10.5. The van der Waals surface area contributed by atoms with E-state index in [9.17, 15) is 9.59 Å². The van der Waals surface area contributed by atoms with Gasteiger partial charge in [0.15, 0.2) is 0 Å². The molecule has 1 aromatic carbocycles. The van der Waals surface area contributed by atoms with Crippen molar-refractivity contribution in [3.63, 3.8) is 0 Å². The second-order valence-corrected chi connectivity index (χ2v) is 6.48. The molecule has 0 aromatic heterocycles. The Kier molecular flexibility index (Phi) is 5.58. The van der Waals surface area contributed by atoms with Crippen LogP contribution in [0.5, 0.6) is 0 Å². The third kappa shape index (κ3) is 4.33. The third-order valence-electron chi connectivity index (χ3n) is 4.21. The van der Waals surface area contributed by atoms with Gasteiger partial charge in [-0.05, 0) is 43.5 Å². The van der Waals surface area contributed by atoms with Crippen molar-refractivity contribution in [2.24, 2.45) is 5.92 Å². The highest BCUT2D eigenvalue weighted by Crippen LogP contribution is 2.20. The summed E-state index contributed by atoms with van der Waals surface area (Å²) < 4.78 is 0. The highest BCUT2D eigenvalue weighted by Gasteiger charge is 2.17. The van der Waals surface area contributed by atoms with Crippen molar-refractivity contribution in [3.05, 3.63) is 29.3 Å². The normalized spacial score (nSPS) is 15.6. The van der Waals surface area contributed by atoms with Crippen LogP contribution in [-0.4, -0.2) is 17.9 Å². The van der Waals surface area contributed by atoms with Crippen LogP contribution >= 0.6 is 0 Å². The number of anilines is 1. The lowest BCUT2D eigenvalue weighted by Gasteiger charge is -2.23. The van der Waals surface area contributed by atoms with Gasteiger partial charge in [-0.25, -0.2) is 0 Å². The fourth-order valence-electron chi connectivity index (χ4n) is 2.74. The number of aryl methyl sites for hydroxylation is 1. The zero-order chi connectivity index (χ0) is 16.1. The molecule has 1 fully saturated rings. The first kappa shape index (κ1) is 16.5. The lowest BCUT2D eigenvalue weighted by atomic mass is 9.95. The second-order valence-electron chi connectivity index (χ2n) is 6.48. The lowest BCUT2D eigenvalue weighted by Crippen LogP contribution is -2.36. The number of carbonyl (C=O) groups is 2. The molecule has 0 unspecified atom stereocenters. The molecule has 2 amide bonds. The van der Waals surface area contributed by atoms with Crippen LogP contribution < -0.4 is 10.6 Å². The molecule has 2 N–H and O–H groups in total. The molecular formula is C18H26N2O2. The molecule has 0 atom stereocenters. The Bertz CT molecular complexity index is 546. The standard InChI is InChI=1S/C18H26N2O2/c1-12(2)17(21)20-16-10-9-14(11-13(16)3)18(22)19-15-7-5-4-6-8-15/h9-12,15H,4-8H2,1-3H3,(H,19,22)(H,20,21). The summed E-state index contributed by atoms with van der Waals surface area (Å²) >= 11 is 0. The van der Waals surface area contributed by atoms with Crippen LogP contribution in [0.3, 0.4) is 0 Å². The van der Waals surface area contributed by atoms with E-state index in [4.69, 9.17) is 0 Å². The van der Waals surface area contributed by atoms with Gasteiger partial charge in [0.1, 0.15) is 0 Å². The summed E-state index contributed by atoms with van der Waals surface area (Å²) in [6.07, 6.45) is 5.82. The molecule has 1 aliphatic carbocycles. The number of rotatable bonds is 4. The minimum absolute atomic E-state index is 0.0116. The van der Waals surface area contributed by atoms with E-state index >= 15 is 0 Å². The van der Waals surface area contributed by atoms with Crippen LogP contribution in [-0.2, 0) is 4.79 Å². The maximum atomic E-state index is 12.3. The second kappa shape index (κ2) is 7.43. The van der Waals surface area contributed by atoms with Gasteiger partial charge in [-0.1, -0.05) is 33.1 Å². The SMILES string of the molecule is Cc1cc(C(=O)NC2CCCCC2)ccc1NC(=O)C(C)C. The zero-order valence-electron chi connectivity index (χ0n) is 13.7. The predicted octanol–water partition coefficient (Wildman–Crippen LogP) is 3.65. The van der Waals surface area contributed by atoms with Crippen LogP contribution in [0.1, 0.15) is 61.9 Å². The van der Waals surface area contributed by atoms with Gasteiger partial charge in [0, 0.05) is 23.2 Å². The number of hydrogen-bond donors (Lipinski definition) is 2. The van der Waals surface area contributed by atoms with Crippen molar-refractivity contribution in [2.75, 3.05) is 5.32 Å². The van der Waals surface area contributed by atoms with Crippen molar-refractivity contribution in [3.8, 4) is 0 Å². The highest BCUT2D eigenvalue weighted by molar-refractivity contribution is 5.97. The van der Waals surface area contributed by atoms with E-state index in [0.29, 0.717) is 11.6 Å². The number of nitrogens with one attached hydrogen (secondary N) is 2. The highest BCUT2D eigenvalue weighted by atomic mass is 16.2. The summed E-state index contributed by atoms with van der Waals surface area (Å²) in [6.45, 7) is 5.63. The molecule has 0 radical (unpaired) electrons. The molecule has 120 valence electrons. The molecule has 1 saturated carbocycles. The molecule has 0 heterocycles. The van der Waals surface area contributed by atoms with Crippen LogP contribution in [0.2, 0.25) is 0 Å². The number of benzene rings is 1. The maximum Gasteiger partial charge on any atom is 0.251 e. The molecule has 4 heteroatoms. The van der Waals surface area contributed by atoms with Crippen LogP contribution in [0.15, 0.2) is 18.2 Å². The molecule has 1 aliphatic rings. The molecule has 2 rings (SSSR count). The Labute approximate surface area is 132 Å². The molecule has 0 spiro atoms. The van der Waals surface area contributed by atoms with Gasteiger partial charge in [-0.2, -0.15) is 0 Å². The molecule has 1 aromatic rings. The van der Waals surface area contributed by atoms with Gasteiger partial charge < -0.3 is 10.6 Å². The summed E-state index contributed by atoms with van der Waals surface area (Å²) in [6, 6.07) is 5.74. The van der Waals surface area contributed by atoms with E-state index in [1.165, 1.54) is 19.3 Å². The minimum atomic E-state index is -0.0614.